The Labute approximate surface area is 110 Å². The highest BCUT2D eigenvalue weighted by Crippen LogP contribution is 2.27. The number of nitrogen functional groups attached to an aromatic ring is 1. The highest BCUT2D eigenvalue weighted by atomic mass is 16.5. The number of hydrogen-bond acceptors (Lipinski definition) is 4. The molecule has 0 unspecified atom stereocenters. The van der Waals surface area contributed by atoms with Crippen LogP contribution in [0.2, 0.25) is 0 Å². The second-order valence-corrected chi connectivity index (χ2v) is 3.93. The smallest absolute Gasteiger partial charge is 0.248 e. The third-order valence-corrected chi connectivity index (χ3v) is 2.52. The summed E-state index contributed by atoms with van der Waals surface area (Å²) in [5.41, 5.74) is 11.8. The number of anilines is 1. The lowest BCUT2D eigenvalue weighted by atomic mass is 10.2. The zero-order chi connectivity index (χ0) is 13.8. The summed E-state index contributed by atoms with van der Waals surface area (Å²) < 4.78 is 10.7. The molecule has 0 aliphatic carbocycles. The maximum absolute atomic E-state index is 11.2. The van der Waals surface area contributed by atoms with Crippen LogP contribution in [0.3, 0.4) is 0 Å². The van der Waals surface area contributed by atoms with E-state index in [-0.39, 0.29) is 0 Å². The van der Waals surface area contributed by atoms with Crippen molar-refractivity contribution in [3.63, 3.8) is 0 Å². The molecule has 0 aliphatic rings. The van der Waals surface area contributed by atoms with Crippen LogP contribution in [0.25, 0.3) is 0 Å². The summed E-state index contributed by atoms with van der Waals surface area (Å²) in [6.45, 7) is 0. The van der Waals surface area contributed by atoms with E-state index in [1.54, 1.807) is 42.5 Å². The van der Waals surface area contributed by atoms with Crippen molar-refractivity contribution in [1.29, 1.82) is 0 Å². The first-order valence-electron chi connectivity index (χ1n) is 5.61. The van der Waals surface area contributed by atoms with Gasteiger partial charge in [0.1, 0.15) is 17.2 Å². The van der Waals surface area contributed by atoms with Crippen molar-refractivity contribution in [2.45, 2.75) is 0 Å². The molecule has 2 aromatic rings. The van der Waals surface area contributed by atoms with Crippen molar-refractivity contribution in [2.24, 2.45) is 5.73 Å². The molecule has 0 fully saturated rings. The van der Waals surface area contributed by atoms with E-state index >= 15 is 0 Å². The molecule has 0 saturated heterocycles. The minimum Gasteiger partial charge on any atom is -0.497 e. The van der Waals surface area contributed by atoms with Crippen LogP contribution in [0.5, 0.6) is 17.2 Å². The van der Waals surface area contributed by atoms with E-state index in [1.807, 2.05) is 0 Å². The molecule has 2 rings (SSSR count). The SMILES string of the molecule is COc1cc(Oc2ccc(N)cc2)cc(C(N)=O)c1. The molecule has 0 aliphatic heterocycles. The average Bonchev–Trinajstić information content (AvgIpc) is 2.41. The minimum absolute atomic E-state index is 0.324. The number of amides is 1. The number of hydrogen-bond donors (Lipinski definition) is 2. The Morgan fingerprint density at radius 1 is 1.00 bits per heavy atom. The molecule has 2 aromatic carbocycles. The van der Waals surface area contributed by atoms with Crippen LogP contribution in [0, 0.1) is 0 Å². The van der Waals surface area contributed by atoms with Gasteiger partial charge in [-0.2, -0.15) is 0 Å². The van der Waals surface area contributed by atoms with Gasteiger partial charge in [0.05, 0.1) is 7.11 Å². The van der Waals surface area contributed by atoms with Crippen LogP contribution in [0.15, 0.2) is 42.5 Å². The van der Waals surface area contributed by atoms with Crippen molar-refractivity contribution in [1.82, 2.24) is 0 Å². The van der Waals surface area contributed by atoms with Crippen molar-refractivity contribution < 1.29 is 14.3 Å². The molecule has 0 atom stereocenters. The number of carbonyl (C=O) groups is 1. The first-order valence-corrected chi connectivity index (χ1v) is 5.61. The minimum atomic E-state index is -0.541. The van der Waals surface area contributed by atoms with Gasteiger partial charge in [0, 0.05) is 17.3 Å². The van der Waals surface area contributed by atoms with Crippen LogP contribution < -0.4 is 20.9 Å². The maximum Gasteiger partial charge on any atom is 0.248 e. The lowest BCUT2D eigenvalue weighted by Crippen LogP contribution is -2.11. The summed E-state index contributed by atoms with van der Waals surface area (Å²) in [4.78, 5) is 11.2. The third-order valence-electron chi connectivity index (χ3n) is 2.52. The summed E-state index contributed by atoms with van der Waals surface area (Å²) in [7, 11) is 1.51. The number of carbonyl (C=O) groups excluding carboxylic acids is 1. The number of rotatable bonds is 4. The van der Waals surface area contributed by atoms with E-state index in [0.29, 0.717) is 28.5 Å². The molecule has 19 heavy (non-hydrogen) atoms. The van der Waals surface area contributed by atoms with Gasteiger partial charge in [-0.05, 0) is 36.4 Å². The Bertz CT molecular complexity index is 594. The fraction of sp³-hybridized carbons (Fsp3) is 0.0714. The van der Waals surface area contributed by atoms with Crippen molar-refractivity contribution in [3.8, 4) is 17.2 Å². The van der Waals surface area contributed by atoms with Crippen molar-refractivity contribution >= 4 is 11.6 Å². The lowest BCUT2D eigenvalue weighted by Gasteiger charge is -2.09. The van der Waals surface area contributed by atoms with Gasteiger partial charge in [0.15, 0.2) is 0 Å². The maximum atomic E-state index is 11.2. The molecular weight excluding hydrogens is 244 g/mol. The quantitative estimate of drug-likeness (QED) is 0.823. The Morgan fingerprint density at radius 2 is 1.63 bits per heavy atom. The van der Waals surface area contributed by atoms with Crippen molar-refractivity contribution in [3.05, 3.63) is 48.0 Å². The first-order chi connectivity index (χ1) is 9.08. The van der Waals surface area contributed by atoms with E-state index in [9.17, 15) is 4.79 Å². The van der Waals surface area contributed by atoms with Gasteiger partial charge in [0.25, 0.3) is 0 Å². The number of methoxy groups -OCH3 is 1. The third kappa shape index (κ3) is 3.16. The zero-order valence-corrected chi connectivity index (χ0v) is 10.4. The molecule has 98 valence electrons. The summed E-state index contributed by atoms with van der Waals surface area (Å²) in [5, 5.41) is 0. The standard InChI is InChI=1S/C14H14N2O3/c1-18-12-6-9(14(16)17)7-13(8-12)19-11-4-2-10(15)3-5-11/h2-8H,15H2,1H3,(H2,16,17). The zero-order valence-electron chi connectivity index (χ0n) is 10.4. The van der Waals surface area contributed by atoms with Crippen LogP contribution >= 0.6 is 0 Å². The second kappa shape index (κ2) is 5.30. The number of ether oxygens (including phenoxy) is 2. The molecule has 0 radical (unpaired) electrons. The second-order valence-electron chi connectivity index (χ2n) is 3.93. The highest BCUT2D eigenvalue weighted by molar-refractivity contribution is 5.93. The van der Waals surface area contributed by atoms with Gasteiger partial charge in [-0.1, -0.05) is 0 Å². The fourth-order valence-corrected chi connectivity index (χ4v) is 1.56. The predicted octanol–water partition coefficient (Wildman–Crippen LogP) is 2.17. The summed E-state index contributed by atoms with van der Waals surface area (Å²) >= 11 is 0. The number of benzene rings is 2. The fourth-order valence-electron chi connectivity index (χ4n) is 1.56. The molecule has 0 aromatic heterocycles. The van der Waals surface area contributed by atoms with Crippen LogP contribution in [-0.2, 0) is 0 Å². The van der Waals surface area contributed by atoms with Crippen LogP contribution in [0.4, 0.5) is 5.69 Å². The van der Waals surface area contributed by atoms with Gasteiger partial charge in [0.2, 0.25) is 5.91 Å². The van der Waals surface area contributed by atoms with Gasteiger partial charge < -0.3 is 20.9 Å². The van der Waals surface area contributed by atoms with Gasteiger partial charge >= 0.3 is 0 Å². The molecule has 0 saturated carbocycles. The molecule has 4 N–H and O–H groups in total. The monoisotopic (exact) mass is 258 g/mol. The lowest BCUT2D eigenvalue weighted by molar-refractivity contribution is 0.0999. The Kier molecular flexibility index (Phi) is 3.56. The molecule has 5 nitrogen and oxygen atoms in total. The van der Waals surface area contributed by atoms with E-state index in [1.165, 1.54) is 7.11 Å². The molecular formula is C14H14N2O3. The van der Waals surface area contributed by atoms with E-state index in [4.69, 9.17) is 20.9 Å². The van der Waals surface area contributed by atoms with Gasteiger partial charge in [-0.25, -0.2) is 0 Å². The topological polar surface area (TPSA) is 87.6 Å². The Balaban J connectivity index is 2.31. The largest absolute Gasteiger partial charge is 0.497 e. The van der Waals surface area contributed by atoms with Crippen LogP contribution in [-0.4, -0.2) is 13.0 Å². The molecule has 5 heteroatoms. The van der Waals surface area contributed by atoms with E-state index in [0.717, 1.165) is 0 Å². The molecule has 0 heterocycles. The van der Waals surface area contributed by atoms with Crippen LogP contribution in [0.1, 0.15) is 10.4 Å². The summed E-state index contributed by atoms with van der Waals surface area (Å²) in [5.74, 6) is 1.04. The van der Waals surface area contributed by atoms with Gasteiger partial charge in [-0.15, -0.1) is 0 Å². The highest BCUT2D eigenvalue weighted by Gasteiger charge is 2.07. The first kappa shape index (κ1) is 12.8. The Morgan fingerprint density at radius 3 is 2.21 bits per heavy atom. The van der Waals surface area contributed by atoms with Crippen molar-refractivity contribution in [2.75, 3.05) is 12.8 Å². The van der Waals surface area contributed by atoms with E-state index < -0.39 is 5.91 Å². The number of primary amides is 1. The average molecular weight is 258 g/mol. The molecule has 0 spiro atoms. The predicted molar refractivity (Wildman–Crippen MR) is 72.4 cm³/mol. The van der Waals surface area contributed by atoms with E-state index in [2.05, 4.69) is 0 Å². The molecule has 1 amide bonds. The Hall–Kier alpha value is -2.69. The van der Waals surface area contributed by atoms with Gasteiger partial charge in [-0.3, -0.25) is 4.79 Å². The normalized spacial score (nSPS) is 9.95. The summed E-state index contributed by atoms with van der Waals surface area (Å²) in [6.07, 6.45) is 0. The number of nitrogens with two attached hydrogens (primary N) is 2. The molecule has 0 bridgehead atoms. The summed E-state index contributed by atoms with van der Waals surface area (Å²) in [6, 6.07) is 11.7.